The first kappa shape index (κ1) is 20.7. The van der Waals surface area contributed by atoms with Crippen LogP contribution in [0.25, 0.3) is 0 Å². The highest BCUT2D eigenvalue weighted by atomic mass is 32.2. The molecule has 128 valence electrons. The van der Waals surface area contributed by atoms with Crippen molar-refractivity contribution in [3.8, 4) is 12.3 Å². The van der Waals surface area contributed by atoms with Gasteiger partial charge in [-0.1, -0.05) is 0 Å². The summed E-state index contributed by atoms with van der Waals surface area (Å²) in [4.78, 5) is 11.6. The number of carbonyl (C=O) groups excluding carboxylic acids is 1. The van der Waals surface area contributed by atoms with Gasteiger partial charge in [0.1, 0.15) is 18.7 Å². The van der Waals surface area contributed by atoms with Gasteiger partial charge < -0.3 is 4.74 Å². The van der Waals surface area contributed by atoms with Crippen LogP contribution in [0.2, 0.25) is 0 Å². The molecule has 0 aliphatic rings. The molecule has 0 aromatic carbocycles. The van der Waals surface area contributed by atoms with Crippen molar-refractivity contribution in [3.63, 3.8) is 0 Å². The highest BCUT2D eigenvalue weighted by Gasteiger charge is 2.37. The van der Waals surface area contributed by atoms with Crippen molar-refractivity contribution in [3.05, 3.63) is 0 Å². The minimum absolute atomic E-state index is 0.0154. The molecule has 0 radical (unpaired) electrons. The number of esters is 1. The van der Waals surface area contributed by atoms with Crippen LogP contribution in [0.3, 0.4) is 0 Å². The maximum atomic E-state index is 12.5. The van der Waals surface area contributed by atoms with Gasteiger partial charge >= 0.3 is 12.1 Å². The Labute approximate surface area is 128 Å². The molecule has 0 atom stereocenters. The van der Waals surface area contributed by atoms with Gasteiger partial charge in [0.25, 0.3) is 0 Å². The van der Waals surface area contributed by atoms with Crippen molar-refractivity contribution >= 4 is 16.0 Å². The Morgan fingerprint density at radius 1 is 1.27 bits per heavy atom. The van der Waals surface area contributed by atoms with E-state index < -0.39 is 46.6 Å². The predicted octanol–water partition coefficient (Wildman–Crippen LogP) is 1.94. The summed E-state index contributed by atoms with van der Waals surface area (Å²) in [5.74, 6) is 0.599. The van der Waals surface area contributed by atoms with Crippen LogP contribution in [-0.4, -0.2) is 49.3 Å². The summed E-state index contributed by atoms with van der Waals surface area (Å²) in [6.45, 7) is 1.85. The molecule has 0 unspecified atom stereocenters. The molecule has 0 N–H and O–H groups in total. The molecule has 22 heavy (non-hydrogen) atoms. The molecule has 0 fully saturated rings. The van der Waals surface area contributed by atoms with Gasteiger partial charge in [0.2, 0.25) is 10.0 Å². The number of sulfonamides is 1. The number of hydrogen-bond acceptors (Lipinski definition) is 4. The Balaban J connectivity index is 5.05. The lowest BCUT2D eigenvalue weighted by molar-refractivity contribution is -0.159. The molecule has 5 nitrogen and oxygen atoms in total. The fourth-order valence-corrected chi connectivity index (χ4v) is 2.87. The molecule has 0 saturated heterocycles. The molecule has 0 saturated carbocycles. The van der Waals surface area contributed by atoms with Gasteiger partial charge in [0.15, 0.2) is 0 Å². The van der Waals surface area contributed by atoms with E-state index in [0.29, 0.717) is 0 Å². The van der Waals surface area contributed by atoms with Crippen LogP contribution in [0.1, 0.15) is 33.6 Å². The van der Waals surface area contributed by atoms with Crippen LogP contribution in [0.4, 0.5) is 13.2 Å². The van der Waals surface area contributed by atoms with Gasteiger partial charge in [-0.25, -0.2) is 8.42 Å². The smallest absolute Gasteiger partial charge is 0.402 e. The van der Waals surface area contributed by atoms with E-state index in [9.17, 15) is 26.4 Å². The number of unbranched alkanes of at least 4 members (excludes halogenated alkanes) is 1. The minimum atomic E-state index is -4.76. The van der Waals surface area contributed by atoms with Crippen LogP contribution in [0.5, 0.6) is 0 Å². The Kier molecular flexibility index (Phi) is 7.38. The molecule has 0 aromatic heterocycles. The third kappa shape index (κ3) is 9.63. The summed E-state index contributed by atoms with van der Waals surface area (Å²) in [6.07, 6.45) is 0.343. The monoisotopic (exact) mass is 343 g/mol. The number of hydrogen-bond donors (Lipinski definition) is 0. The number of carbonyl (C=O) groups is 1. The van der Waals surface area contributed by atoms with Gasteiger partial charge in [0.05, 0.1) is 5.75 Å². The number of halogens is 3. The summed E-state index contributed by atoms with van der Waals surface area (Å²) >= 11 is 0. The van der Waals surface area contributed by atoms with Crippen LogP contribution < -0.4 is 0 Å². The van der Waals surface area contributed by atoms with Gasteiger partial charge in [-0.05, 0) is 27.2 Å². The minimum Gasteiger partial charge on any atom is -0.459 e. The zero-order chi connectivity index (χ0) is 17.6. The van der Waals surface area contributed by atoms with E-state index in [-0.39, 0.29) is 17.1 Å². The average Bonchev–Trinajstić information content (AvgIpc) is 2.23. The van der Waals surface area contributed by atoms with Crippen molar-refractivity contribution in [2.45, 2.75) is 45.4 Å². The fraction of sp³-hybridized carbons (Fsp3) is 0.769. The molecule has 0 aliphatic heterocycles. The summed E-state index contributed by atoms with van der Waals surface area (Å²) < 4.78 is 66.4. The Morgan fingerprint density at radius 2 is 1.82 bits per heavy atom. The number of ether oxygens (including phenoxy) is 1. The first-order valence-corrected chi connectivity index (χ1v) is 8.07. The topological polar surface area (TPSA) is 63.7 Å². The molecule has 0 heterocycles. The van der Waals surface area contributed by atoms with Gasteiger partial charge in [0, 0.05) is 6.42 Å². The molecule has 0 bridgehead atoms. The maximum Gasteiger partial charge on any atom is 0.402 e. The fourth-order valence-electron chi connectivity index (χ4n) is 1.46. The zero-order valence-corrected chi connectivity index (χ0v) is 13.6. The zero-order valence-electron chi connectivity index (χ0n) is 12.7. The van der Waals surface area contributed by atoms with Crippen LogP contribution in [0.15, 0.2) is 0 Å². The molecule has 0 aliphatic carbocycles. The van der Waals surface area contributed by atoms with Crippen LogP contribution in [-0.2, 0) is 19.6 Å². The number of terminal acetylenes is 1. The van der Waals surface area contributed by atoms with Crippen molar-refractivity contribution in [1.82, 2.24) is 4.31 Å². The lowest BCUT2D eigenvalue weighted by atomic mass is 10.2. The molecule has 0 aromatic rings. The second kappa shape index (κ2) is 7.83. The van der Waals surface area contributed by atoms with Crippen molar-refractivity contribution < 1.29 is 31.1 Å². The third-order valence-electron chi connectivity index (χ3n) is 2.20. The number of nitrogens with zero attached hydrogens (tertiary/aromatic N) is 1. The Bertz CT molecular complexity index is 515. The SMILES string of the molecule is C#CCCCS(=O)(=O)N(CC(=O)OC(C)(C)C)CC(F)(F)F. The quantitative estimate of drug-likeness (QED) is 0.403. The van der Waals surface area contributed by atoms with Crippen LogP contribution >= 0.6 is 0 Å². The Hall–Kier alpha value is -1.27. The van der Waals surface area contributed by atoms with Crippen molar-refractivity contribution in [1.29, 1.82) is 0 Å². The van der Waals surface area contributed by atoms with Gasteiger partial charge in [-0.15, -0.1) is 12.3 Å². The molecule has 0 rings (SSSR count). The summed E-state index contributed by atoms with van der Waals surface area (Å²) in [7, 11) is -4.26. The van der Waals surface area contributed by atoms with Crippen LogP contribution in [0, 0.1) is 12.3 Å². The number of rotatable bonds is 7. The molecular weight excluding hydrogens is 323 g/mol. The van der Waals surface area contributed by atoms with E-state index in [1.807, 2.05) is 0 Å². The van der Waals surface area contributed by atoms with E-state index >= 15 is 0 Å². The van der Waals surface area contributed by atoms with Crippen molar-refractivity contribution in [2.75, 3.05) is 18.8 Å². The highest BCUT2D eigenvalue weighted by Crippen LogP contribution is 2.20. The van der Waals surface area contributed by atoms with Gasteiger partial charge in [-0.3, -0.25) is 4.79 Å². The van der Waals surface area contributed by atoms with E-state index in [2.05, 4.69) is 5.92 Å². The normalized spacial score (nSPS) is 13.0. The average molecular weight is 343 g/mol. The van der Waals surface area contributed by atoms with E-state index in [4.69, 9.17) is 11.2 Å². The summed E-state index contributed by atoms with van der Waals surface area (Å²) in [5, 5.41) is 0. The van der Waals surface area contributed by atoms with Crippen molar-refractivity contribution in [2.24, 2.45) is 0 Å². The first-order chi connectivity index (χ1) is 9.77. The largest absolute Gasteiger partial charge is 0.459 e. The third-order valence-corrected chi connectivity index (χ3v) is 4.05. The second-order valence-corrected chi connectivity index (χ2v) is 7.68. The maximum absolute atomic E-state index is 12.5. The first-order valence-electron chi connectivity index (χ1n) is 6.47. The highest BCUT2D eigenvalue weighted by molar-refractivity contribution is 7.89. The summed E-state index contributed by atoms with van der Waals surface area (Å²) in [6, 6.07) is 0. The summed E-state index contributed by atoms with van der Waals surface area (Å²) in [5.41, 5.74) is -0.922. The molecule has 0 amide bonds. The number of alkyl halides is 3. The Morgan fingerprint density at radius 3 is 2.23 bits per heavy atom. The van der Waals surface area contributed by atoms with E-state index in [1.165, 1.54) is 20.8 Å². The lowest BCUT2D eigenvalue weighted by Crippen LogP contribution is -2.44. The standard InChI is InChI=1S/C13H20F3NO4S/c1-5-6-7-8-22(19,20)17(10-13(14,15)16)9-11(18)21-12(2,3)4/h1H,6-10H2,2-4H3. The molecule has 0 spiro atoms. The van der Waals surface area contributed by atoms with E-state index in [1.54, 1.807) is 0 Å². The second-order valence-electron chi connectivity index (χ2n) is 5.59. The molecular formula is C13H20F3NO4S. The lowest BCUT2D eigenvalue weighted by Gasteiger charge is -2.25. The van der Waals surface area contributed by atoms with Gasteiger partial charge in [-0.2, -0.15) is 17.5 Å². The van der Waals surface area contributed by atoms with E-state index in [0.717, 1.165) is 0 Å². The molecule has 9 heteroatoms. The predicted molar refractivity (Wildman–Crippen MR) is 75.3 cm³/mol.